The zero-order valence-corrected chi connectivity index (χ0v) is 9.86. The molecule has 1 aromatic carbocycles. The highest BCUT2D eigenvalue weighted by molar-refractivity contribution is 6.36. The van der Waals surface area contributed by atoms with Gasteiger partial charge in [0.15, 0.2) is 0 Å². The number of aromatic nitrogens is 1. The van der Waals surface area contributed by atoms with Gasteiger partial charge in [0.2, 0.25) is 0 Å². The number of methoxy groups -OCH3 is 1. The van der Waals surface area contributed by atoms with Crippen molar-refractivity contribution >= 4 is 34.1 Å². The fourth-order valence-electron chi connectivity index (χ4n) is 1.47. The second-order valence-corrected chi connectivity index (χ2v) is 4.06. The van der Waals surface area contributed by atoms with Gasteiger partial charge in [0.1, 0.15) is 5.75 Å². The molecule has 0 radical (unpaired) electrons. The van der Waals surface area contributed by atoms with Gasteiger partial charge in [-0.1, -0.05) is 23.2 Å². The number of halogens is 2. The van der Waals surface area contributed by atoms with Crippen LogP contribution in [0.5, 0.6) is 5.75 Å². The number of ether oxygens (including phenoxy) is 1. The van der Waals surface area contributed by atoms with E-state index in [0.29, 0.717) is 15.8 Å². The Morgan fingerprint density at radius 2 is 1.87 bits per heavy atom. The molecule has 2 aromatic rings. The molecule has 0 bridgehead atoms. The predicted molar refractivity (Wildman–Crippen MR) is 63.1 cm³/mol. The molecule has 0 saturated carbocycles. The average Bonchev–Trinajstić information content (AvgIpc) is 2.16. The first-order valence-corrected chi connectivity index (χ1v) is 5.18. The zero-order chi connectivity index (χ0) is 11.0. The van der Waals surface area contributed by atoms with E-state index in [0.717, 1.165) is 16.6 Å². The number of benzene rings is 1. The summed E-state index contributed by atoms with van der Waals surface area (Å²) in [5, 5.41) is 2.05. The Balaban J connectivity index is 2.81. The first-order chi connectivity index (χ1) is 7.11. The third kappa shape index (κ3) is 1.87. The molecule has 0 aliphatic carbocycles. The molecule has 0 fully saturated rings. The lowest BCUT2D eigenvalue weighted by molar-refractivity contribution is 0.415. The number of hydrogen-bond donors (Lipinski definition) is 0. The Hall–Kier alpha value is -0.990. The number of nitrogens with zero attached hydrogens (tertiary/aromatic N) is 1. The molecule has 0 N–H and O–H groups in total. The Bertz CT molecular complexity index is 525. The lowest BCUT2D eigenvalue weighted by atomic mass is 10.2. The molecule has 2 nitrogen and oxygen atoms in total. The average molecular weight is 242 g/mol. The van der Waals surface area contributed by atoms with Gasteiger partial charge < -0.3 is 4.74 Å². The van der Waals surface area contributed by atoms with Gasteiger partial charge in [0.25, 0.3) is 0 Å². The minimum atomic E-state index is 0.541. The summed E-state index contributed by atoms with van der Waals surface area (Å²) < 4.78 is 5.12. The Kier molecular flexibility index (Phi) is 2.72. The predicted octanol–water partition coefficient (Wildman–Crippen LogP) is 3.86. The quantitative estimate of drug-likeness (QED) is 0.757. The van der Waals surface area contributed by atoms with E-state index in [-0.39, 0.29) is 0 Å². The van der Waals surface area contributed by atoms with Crippen LogP contribution in [0.15, 0.2) is 18.2 Å². The van der Waals surface area contributed by atoms with E-state index in [1.54, 1.807) is 19.2 Å². The molecule has 1 heterocycles. The van der Waals surface area contributed by atoms with Gasteiger partial charge in [-0.25, -0.2) is 0 Å². The number of hydrogen-bond acceptors (Lipinski definition) is 2. The molecule has 0 atom stereocenters. The molecule has 4 heteroatoms. The van der Waals surface area contributed by atoms with Gasteiger partial charge in [-0.2, -0.15) is 0 Å². The SMILES string of the molecule is COc1cc2c(Cl)cc(C)nc2cc1Cl. The topological polar surface area (TPSA) is 22.1 Å². The maximum atomic E-state index is 6.10. The van der Waals surface area contributed by atoms with E-state index in [9.17, 15) is 0 Å². The van der Waals surface area contributed by atoms with Gasteiger partial charge in [-0.3, -0.25) is 4.98 Å². The summed E-state index contributed by atoms with van der Waals surface area (Å²) in [6.45, 7) is 1.89. The molecule has 0 spiro atoms. The Morgan fingerprint density at radius 3 is 2.53 bits per heavy atom. The van der Waals surface area contributed by atoms with Crippen LogP contribution in [0.25, 0.3) is 10.9 Å². The molecule has 2 rings (SSSR count). The maximum absolute atomic E-state index is 6.10. The number of rotatable bonds is 1. The summed E-state index contributed by atoms with van der Waals surface area (Å²) >= 11 is 12.1. The standard InChI is InChI=1S/C11H9Cl2NO/c1-6-3-8(12)7-4-11(15-2)9(13)5-10(7)14-6/h3-5H,1-2H3. The van der Waals surface area contributed by atoms with E-state index < -0.39 is 0 Å². The van der Waals surface area contributed by atoms with E-state index in [4.69, 9.17) is 27.9 Å². The minimum absolute atomic E-state index is 0.541. The lowest BCUT2D eigenvalue weighted by Gasteiger charge is -2.06. The minimum Gasteiger partial charge on any atom is -0.495 e. The number of fused-ring (bicyclic) bond motifs is 1. The second-order valence-electron chi connectivity index (χ2n) is 3.25. The molecule has 0 aliphatic heterocycles. The number of pyridine rings is 1. The number of aryl methyl sites for hydroxylation is 1. The second kappa shape index (κ2) is 3.87. The van der Waals surface area contributed by atoms with E-state index in [1.165, 1.54) is 0 Å². The summed E-state index contributed by atoms with van der Waals surface area (Å²) in [6.07, 6.45) is 0. The molecule has 0 unspecified atom stereocenters. The van der Waals surface area contributed by atoms with Crippen molar-refractivity contribution in [1.29, 1.82) is 0 Å². The zero-order valence-electron chi connectivity index (χ0n) is 8.34. The third-order valence-corrected chi connectivity index (χ3v) is 2.77. The molecule has 0 saturated heterocycles. The van der Waals surface area contributed by atoms with Crippen molar-refractivity contribution < 1.29 is 4.74 Å². The van der Waals surface area contributed by atoms with Gasteiger partial charge in [0, 0.05) is 11.1 Å². The monoisotopic (exact) mass is 241 g/mol. The Morgan fingerprint density at radius 1 is 1.13 bits per heavy atom. The van der Waals surface area contributed by atoms with Gasteiger partial charge in [-0.15, -0.1) is 0 Å². The highest BCUT2D eigenvalue weighted by atomic mass is 35.5. The van der Waals surface area contributed by atoms with Crippen LogP contribution in [-0.2, 0) is 0 Å². The van der Waals surface area contributed by atoms with Crippen LogP contribution in [0, 0.1) is 6.92 Å². The molecule has 1 aromatic heterocycles. The molecule has 0 aliphatic rings. The van der Waals surface area contributed by atoms with Crippen LogP contribution in [0.2, 0.25) is 10.0 Å². The summed E-state index contributed by atoms with van der Waals surface area (Å²) in [6, 6.07) is 5.37. The van der Waals surface area contributed by atoms with Crippen molar-refractivity contribution in [3.63, 3.8) is 0 Å². The highest BCUT2D eigenvalue weighted by Crippen LogP contribution is 2.32. The molecule has 15 heavy (non-hydrogen) atoms. The van der Waals surface area contributed by atoms with Crippen LogP contribution in [0.3, 0.4) is 0 Å². The van der Waals surface area contributed by atoms with Gasteiger partial charge in [0.05, 0.1) is 22.7 Å². The normalized spacial score (nSPS) is 10.7. The van der Waals surface area contributed by atoms with E-state index >= 15 is 0 Å². The maximum Gasteiger partial charge on any atom is 0.138 e. The lowest BCUT2D eigenvalue weighted by Crippen LogP contribution is -1.88. The van der Waals surface area contributed by atoms with Crippen LogP contribution < -0.4 is 4.74 Å². The highest BCUT2D eigenvalue weighted by Gasteiger charge is 2.07. The molecular formula is C11H9Cl2NO. The first-order valence-electron chi connectivity index (χ1n) is 4.42. The largest absolute Gasteiger partial charge is 0.495 e. The van der Waals surface area contributed by atoms with Crippen molar-refractivity contribution in [2.75, 3.05) is 7.11 Å². The first kappa shape index (κ1) is 10.5. The van der Waals surface area contributed by atoms with Crippen LogP contribution in [-0.4, -0.2) is 12.1 Å². The molecule has 78 valence electrons. The summed E-state index contributed by atoms with van der Waals surface area (Å²) in [7, 11) is 1.57. The third-order valence-electron chi connectivity index (χ3n) is 2.16. The Labute approximate surface area is 97.8 Å². The smallest absolute Gasteiger partial charge is 0.138 e. The van der Waals surface area contributed by atoms with E-state index in [2.05, 4.69) is 4.98 Å². The van der Waals surface area contributed by atoms with Crippen molar-refractivity contribution in [2.24, 2.45) is 0 Å². The fraction of sp³-hybridized carbons (Fsp3) is 0.182. The van der Waals surface area contributed by atoms with E-state index in [1.807, 2.05) is 13.0 Å². The van der Waals surface area contributed by atoms with Gasteiger partial charge in [-0.05, 0) is 25.1 Å². The van der Waals surface area contributed by atoms with Gasteiger partial charge >= 0.3 is 0 Å². The van der Waals surface area contributed by atoms with Crippen molar-refractivity contribution in [2.45, 2.75) is 6.92 Å². The molecular weight excluding hydrogens is 233 g/mol. The van der Waals surface area contributed by atoms with Crippen LogP contribution in [0.4, 0.5) is 0 Å². The summed E-state index contributed by atoms with van der Waals surface area (Å²) in [5.74, 6) is 0.608. The van der Waals surface area contributed by atoms with Crippen molar-refractivity contribution in [3.05, 3.63) is 33.9 Å². The summed E-state index contributed by atoms with van der Waals surface area (Å²) in [5.41, 5.74) is 1.65. The summed E-state index contributed by atoms with van der Waals surface area (Å²) in [4.78, 5) is 4.35. The fourth-order valence-corrected chi connectivity index (χ4v) is 2.01. The van der Waals surface area contributed by atoms with Crippen LogP contribution in [0.1, 0.15) is 5.69 Å². The van der Waals surface area contributed by atoms with Crippen molar-refractivity contribution in [1.82, 2.24) is 4.98 Å². The van der Waals surface area contributed by atoms with Crippen molar-refractivity contribution in [3.8, 4) is 5.75 Å². The van der Waals surface area contributed by atoms with Crippen LogP contribution >= 0.6 is 23.2 Å². The molecule has 0 amide bonds.